The molecule has 0 radical (unpaired) electrons. The predicted molar refractivity (Wildman–Crippen MR) is 90.6 cm³/mol. The number of aliphatic imine (C=N–C) groups is 1. The summed E-state index contributed by atoms with van der Waals surface area (Å²) in [5.74, 6) is 0.215. The van der Waals surface area contributed by atoms with E-state index in [9.17, 15) is 5.21 Å². The fraction of sp³-hybridized carbons (Fsp3) is 0.0625. The normalized spacial score (nSPS) is 12.7. The van der Waals surface area contributed by atoms with Crippen molar-refractivity contribution in [3.05, 3.63) is 65.2 Å². The smallest absolute Gasteiger partial charge is 0.173 e. The van der Waals surface area contributed by atoms with E-state index in [4.69, 9.17) is 11.6 Å². The maximum absolute atomic E-state index is 9.19. The van der Waals surface area contributed by atoms with Crippen molar-refractivity contribution in [1.29, 1.82) is 0 Å². The molecule has 2 aromatic carbocycles. The Bertz CT molecular complexity index is 694. The summed E-state index contributed by atoms with van der Waals surface area (Å²) in [5, 5.41) is 17.8. The highest BCUT2D eigenvalue weighted by atomic mass is 35.5. The molecular weight excluding hydrogens is 300 g/mol. The van der Waals surface area contributed by atoms with Gasteiger partial charge in [-0.05, 0) is 36.8 Å². The summed E-state index contributed by atoms with van der Waals surface area (Å²) in [5.41, 5.74) is 4.05. The Morgan fingerprint density at radius 2 is 1.77 bits per heavy atom. The predicted octanol–water partition coefficient (Wildman–Crippen LogP) is 3.84. The van der Waals surface area contributed by atoms with Crippen molar-refractivity contribution in [2.24, 2.45) is 15.2 Å². The first kappa shape index (κ1) is 15.9. The fourth-order valence-electron chi connectivity index (χ4n) is 1.60. The van der Waals surface area contributed by atoms with Gasteiger partial charge in [0.2, 0.25) is 0 Å². The molecule has 6 heteroatoms. The molecule has 2 aromatic rings. The number of halogens is 1. The Balaban J connectivity index is 2.14. The summed E-state index contributed by atoms with van der Waals surface area (Å²) < 4.78 is 0. The van der Waals surface area contributed by atoms with E-state index in [0.29, 0.717) is 16.4 Å². The monoisotopic (exact) mass is 314 g/mol. The topological polar surface area (TPSA) is 69.3 Å². The zero-order valence-corrected chi connectivity index (χ0v) is 12.7. The summed E-state index contributed by atoms with van der Waals surface area (Å²) >= 11 is 5.82. The summed E-state index contributed by atoms with van der Waals surface area (Å²) in [4.78, 5) is 4.24. The quantitative estimate of drug-likeness (QED) is 0.511. The van der Waals surface area contributed by atoms with E-state index in [0.717, 1.165) is 5.56 Å². The highest BCUT2D eigenvalue weighted by Crippen LogP contribution is 2.16. The second kappa shape index (κ2) is 8.07. The molecule has 5 nitrogen and oxygen atoms in total. The zero-order chi connectivity index (χ0) is 15.8. The zero-order valence-electron chi connectivity index (χ0n) is 11.9. The van der Waals surface area contributed by atoms with E-state index in [2.05, 4.69) is 15.2 Å². The molecule has 112 valence electrons. The molecule has 0 fully saturated rings. The lowest BCUT2D eigenvalue weighted by Crippen LogP contribution is -2.26. The average Bonchev–Trinajstić information content (AvgIpc) is 2.55. The van der Waals surface area contributed by atoms with Gasteiger partial charge in [-0.3, -0.25) is 10.7 Å². The third kappa shape index (κ3) is 4.80. The van der Waals surface area contributed by atoms with E-state index < -0.39 is 0 Å². The second-order valence-electron chi connectivity index (χ2n) is 4.39. The molecular formula is C16H15ClN4O. The van der Waals surface area contributed by atoms with Gasteiger partial charge in [0, 0.05) is 5.02 Å². The largest absolute Gasteiger partial charge is 0.290 e. The minimum absolute atomic E-state index is 0.215. The molecule has 0 aliphatic rings. The minimum atomic E-state index is 0.215. The molecule has 0 spiro atoms. The molecule has 0 atom stereocenters. The SMILES string of the molecule is C/C(=N\N=C\c1ccccc1)C(=Nc1ccc(Cl)cc1)NO. The second-order valence-corrected chi connectivity index (χ2v) is 4.83. The maximum atomic E-state index is 9.19. The summed E-state index contributed by atoms with van der Waals surface area (Å²) in [6.07, 6.45) is 1.63. The van der Waals surface area contributed by atoms with Gasteiger partial charge in [-0.2, -0.15) is 10.2 Å². The van der Waals surface area contributed by atoms with Crippen LogP contribution in [0.1, 0.15) is 12.5 Å². The van der Waals surface area contributed by atoms with Gasteiger partial charge >= 0.3 is 0 Å². The first-order chi connectivity index (χ1) is 10.7. The Morgan fingerprint density at radius 3 is 2.41 bits per heavy atom. The van der Waals surface area contributed by atoms with Crippen LogP contribution in [0.3, 0.4) is 0 Å². The number of rotatable bonds is 4. The third-order valence-electron chi connectivity index (χ3n) is 2.73. The molecule has 22 heavy (non-hydrogen) atoms. The van der Waals surface area contributed by atoms with Gasteiger partial charge in [0.25, 0.3) is 0 Å². The molecule has 0 saturated carbocycles. The number of hydrogen-bond donors (Lipinski definition) is 2. The van der Waals surface area contributed by atoms with E-state index in [1.165, 1.54) is 0 Å². The maximum Gasteiger partial charge on any atom is 0.173 e. The summed E-state index contributed by atoms with van der Waals surface area (Å²) in [6, 6.07) is 16.5. The summed E-state index contributed by atoms with van der Waals surface area (Å²) in [7, 11) is 0. The number of nitrogens with one attached hydrogen (secondary N) is 1. The highest BCUT2D eigenvalue weighted by molar-refractivity contribution is 6.40. The van der Waals surface area contributed by atoms with Crippen LogP contribution in [0.4, 0.5) is 5.69 Å². The van der Waals surface area contributed by atoms with Crippen molar-refractivity contribution in [2.75, 3.05) is 0 Å². The Labute approximate surface area is 133 Å². The van der Waals surface area contributed by atoms with Crippen LogP contribution in [-0.2, 0) is 0 Å². The first-order valence-corrected chi connectivity index (χ1v) is 6.94. The number of nitrogens with zero attached hydrogens (tertiary/aromatic N) is 3. The van der Waals surface area contributed by atoms with Gasteiger partial charge in [0.1, 0.15) is 5.71 Å². The van der Waals surface area contributed by atoms with Crippen molar-refractivity contribution >= 4 is 35.1 Å². The van der Waals surface area contributed by atoms with Crippen molar-refractivity contribution in [3.8, 4) is 0 Å². The van der Waals surface area contributed by atoms with E-state index in [-0.39, 0.29) is 5.84 Å². The molecule has 0 aliphatic carbocycles. The van der Waals surface area contributed by atoms with Gasteiger partial charge in [0.15, 0.2) is 5.84 Å². The minimum Gasteiger partial charge on any atom is -0.290 e. The fourth-order valence-corrected chi connectivity index (χ4v) is 1.73. The third-order valence-corrected chi connectivity index (χ3v) is 2.98. The molecule has 0 saturated heterocycles. The molecule has 0 aromatic heterocycles. The van der Waals surface area contributed by atoms with Crippen LogP contribution in [-0.4, -0.2) is 23.0 Å². The van der Waals surface area contributed by atoms with Crippen LogP contribution in [0.2, 0.25) is 5.02 Å². The highest BCUT2D eigenvalue weighted by Gasteiger charge is 2.02. The molecule has 0 amide bonds. The van der Waals surface area contributed by atoms with Crippen LogP contribution in [0.5, 0.6) is 0 Å². The Morgan fingerprint density at radius 1 is 1.09 bits per heavy atom. The van der Waals surface area contributed by atoms with Crippen molar-refractivity contribution in [1.82, 2.24) is 5.48 Å². The van der Waals surface area contributed by atoms with Crippen LogP contribution in [0, 0.1) is 0 Å². The van der Waals surface area contributed by atoms with Gasteiger partial charge in [-0.15, -0.1) is 0 Å². The lowest BCUT2D eigenvalue weighted by atomic mass is 10.2. The first-order valence-electron chi connectivity index (χ1n) is 6.56. The van der Waals surface area contributed by atoms with Gasteiger partial charge < -0.3 is 0 Å². The Hall–Kier alpha value is -2.50. The van der Waals surface area contributed by atoms with Crippen molar-refractivity contribution in [2.45, 2.75) is 6.92 Å². The average molecular weight is 315 g/mol. The number of amidine groups is 1. The van der Waals surface area contributed by atoms with Crippen molar-refractivity contribution < 1.29 is 5.21 Å². The number of benzene rings is 2. The van der Waals surface area contributed by atoms with Gasteiger partial charge in [0.05, 0.1) is 11.9 Å². The van der Waals surface area contributed by atoms with Crippen LogP contribution in [0.25, 0.3) is 0 Å². The molecule has 0 aliphatic heterocycles. The van der Waals surface area contributed by atoms with Crippen LogP contribution in [0.15, 0.2) is 69.8 Å². The molecule has 0 heterocycles. The summed E-state index contributed by atoms with van der Waals surface area (Å²) in [6.45, 7) is 1.69. The van der Waals surface area contributed by atoms with E-state index in [1.54, 1.807) is 37.4 Å². The van der Waals surface area contributed by atoms with Crippen LogP contribution >= 0.6 is 11.6 Å². The molecule has 0 bridgehead atoms. The molecule has 0 unspecified atom stereocenters. The standard InChI is InChI=1S/C16H15ClN4O/c1-12(20-18-11-13-5-3-2-4-6-13)16(21-22)19-15-9-7-14(17)8-10-15/h2-11,22H,1H3,(H,19,21)/b18-11+,20-12+. The lowest BCUT2D eigenvalue weighted by Gasteiger charge is -2.03. The Kier molecular flexibility index (Phi) is 5.82. The van der Waals surface area contributed by atoms with Crippen LogP contribution < -0.4 is 5.48 Å². The number of hydrogen-bond acceptors (Lipinski definition) is 4. The lowest BCUT2D eigenvalue weighted by molar-refractivity contribution is 0.236. The van der Waals surface area contributed by atoms with Crippen molar-refractivity contribution in [3.63, 3.8) is 0 Å². The number of hydroxylamine groups is 1. The molecule has 2 rings (SSSR count). The van der Waals surface area contributed by atoms with E-state index in [1.807, 2.05) is 35.8 Å². The van der Waals surface area contributed by atoms with Gasteiger partial charge in [-0.25, -0.2) is 4.99 Å². The molecule has 2 N–H and O–H groups in total. The van der Waals surface area contributed by atoms with Gasteiger partial charge in [-0.1, -0.05) is 41.9 Å². The van der Waals surface area contributed by atoms with E-state index >= 15 is 0 Å².